The van der Waals surface area contributed by atoms with Crippen LogP contribution in [0.4, 0.5) is 0 Å². The number of hydrogen-bond acceptors (Lipinski definition) is 4. The predicted molar refractivity (Wildman–Crippen MR) is 64.2 cm³/mol. The highest BCUT2D eigenvalue weighted by Gasteiger charge is 2.29. The molecule has 2 N–H and O–H groups in total. The van der Waals surface area contributed by atoms with Gasteiger partial charge in [0.25, 0.3) is 0 Å². The Balaban J connectivity index is 2.05. The van der Waals surface area contributed by atoms with Crippen LogP contribution in [0.25, 0.3) is 10.7 Å². The van der Waals surface area contributed by atoms with Gasteiger partial charge in [0, 0.05) is 24.4 Å². The van der Waals surface area contributed by atoms with Gasteiger partial charge in [-0.15, -0.1) is 11.3 Å². The fourth-order valence-corrected chi connectivity index (χ4v) is 2.94. The first kappa shape index (κ1) is 9.99. The van der Waals surface area contributed by atoms with E-state index >= 15 is 0 Å². The number of nitrogens with two attached hydrogens (primary N) is 1. The van der Waals surface area contributed by atoms with Crippen molar-refractivity contribution in [1.29, 1.82) is 0 Å². The Hall–Kier alpha value is -1.20. The fraction of sp³-hybridized carbons (Fsp3) is 0.455. The summed E-state index contributed by atoms with van der Waals surface area (Å²) in [6.07, 6.45) is 6.19. The van der Waals surface area contributed by atoms with Gasteiger partial charge in [0.1, 0.15) is 5.01 Å². The lowest BCUT2D eigenvalue weighted by Crippen LogP contribution is -1.96. The number of imidazole rings is 1. The Morgan fingerprint density at radius 1 is 1.56 bits per heavy atom. The van der Waals surface area contributed by atoms with Crippen LogP contribution in [0, 0.1) is 0 Å². The molecule has 1 fully saturated rings. The van der Waals surface area contributed by atoms with E-state index < -0.39 is 0 Å². The molecule has 0 radical (unpaired) electrons. The Labute approximate surface area is 98.1 Å². The highest BCUT2D eigenvalue weighted by Crippen LogP contribution is 2.43. The Kier molecular flexibility index (Phi) is 2.29. The molecule has 1 aliphatic rings. The van der Waals surface area contributed by atoms with E-state index in [2.05, 4.69) is 4.98 Å². The van der Waals surface area contributed by atoms with Crippen molar-refractivity contribution >= 4 is 11.3 Å². The molecule has 0 spiro atoms. The third-order valence-electron chi connectivity index (χ3n) is 2.91. The summed E-state index contributed by atoms with van der Waals surface area (Å²) < 4.78 is 2.00. The van der Waals surface area contributed by atoms with Crippen LogP contribution in [0.2, 0.25) is 0 Å². The molecule has 4 nitrogen and oxygen atoms in total. The Morgan fingerprint density at radius 2 is 2.38 bits per heavy atom. The van der Waals surface area contributed by atoms with Gasteiger partial charge in [-0.3, -0.25) is 0 Å². The molecule has 1 aliphatic carbocycles. The van der Waals surface area contributed by atoms with Gasteiger partial charge in [-0.25, -0.2) is 9.97 Å². The molecule has 16 heavy (non-hydrogen) atoms. The van der Waals surface area contributed by atoms with E-state index in [0.717, 1.165) is 10.7 Å². The van der Waals surface area contributed by atoms with Gasteiger partial charge in [0.2, 0.25) is 0 Å². The number of aromatic nitrogens is 3. The molecule has 84 valence electrons. The summed E-state index contributed by atoms with van der Waals surface area (Å²) in [6, 6.07) is 0. The zero-order chi connectivity index (χ0) is 11.1. The Bertz CT molecular complexity index is 510. The molecule has 1 saturated carbocycles. The first-order valence-corrected chi connectivity index (χ1v) is 6.27. The zero-order valence-corrected chi connectivity index (χ0v) is 10.00. The average molecular weight is 234 g/mol. The summed E-state index contributed by atoms with van der Waals surface area (Å²) in [5, 5.41) is 1.04. The molecule has 2 aromatic heterocycles. The zero-order valence-electron chi connectivity index (χ0n) is 9.18. The minimum Gasteiger partial charge on any atom is -0.332 e. The van der Waals surface area contributed by atoms with Crippen molar-refractivity contribution in [2.24, 2.45) is 12.8 Å². The molecular formula is C11H14N4S. The van der Waals surface area contributed by atoms with E-state index in [1.807, 2.05) is 17.8 Å². The van der Waals surface area contributed by atoms with Gasteiger partial charge in [-0.1, -0.05) is 0 Å². The Morgan fingerprint density at radius 3 is 2.94 bits per heavy atom. The minimum absolute atomic E-state index is 0.599. The molecule has 0 atom stereocenters. The summed E-state index contributed by atoms with van der Waals surface area (Å²) in [5.41, 5.74) is 8.07. The quantitative estimate of drug-likeness (QED) is 0.882. The summed E-state index contributed by atoms with van der Waals surface area (Å²) in [4.78, 5) is 10.1. The van der Waals surface area contributed by atoms with Gasteiger partial charge in [-0.05, 0) is 12.8 Å². The van der Waals surface area contributed by atoms with Crippen LogP contribution in [0.3, 0.4) is 0 Å². The van der Waals surface area contributed by atoms with E-state index in [4.69, 9.17) is 10.7 Å². The lowest BCUT2D eigenvalue weighted by molar-refractivity contribution is 0.915. The van der Waals surface area contributed by atoms with Crippen molar-refractivity contribution < 1.29 is 0 Å². The van der Waals surface area contributed by atoms with Crippen LogP contribution >= 0.6 is 11.3 Å². The molecule has 0 aliphatic heterocycles. The molecule has 5 heteroatoms. The second kappa shape index (κ2) is 3.68. The number of nitrogens with zero attached hydrogens (tertiary/aromatic N) is 3. The summed E-state index contributed by atoms with van der Waals surface area (Å²) in [5.74, 6) is 0.664. The third kappa shape index (κ3) is 1.56. The summed E-state index contributed by atoms with van der Waals surface area (Å²) >= 11 is 1.70. The highest BCUT2D eigenvalue weighted by molar-refractivity contribution is 7.15. The number of hydrogen-bond donors (Lipinski definition) is 1. The standard InChI is InChI=1S/C11H14N4S/c1-15-6-13-5-8(15)11-14-10(7-2-3-7)9(4-12)16-11/h5-7H,2-4,12H2,1H3. The van der Waals surface area contributed by atoms with E-state index in [1.165, 1.54) is 23.4 Å². The van der Waals surface area contributed by atoms with E-state index in [9.17, 15) is 0 Å². The fourth-order valence-electron chi connectivity index (χ4n) is 1.86. The van der Waals surface area contributed by atoms with Crippen molar-refractivity contribution in [3.63, 3.8) is 0 Å². The first-order valence-electron chi connectivity index (χ1n) is 5.46. The van der Waals surface area contributed by atoms with Crippen molar-refractivity contribution in [3.05, 3.63) is 23.1 Å². The molecule has 0 aromatic carbocycles. The van der Waals surface area contributed by atoms with Crippen LogP contribution in [0.5, 0.6) is 0 Å². The molecule has 0 bridgehead atoms. The molecule has 0 amide bonds. The summed E-state index contributed by atoms with van der Waals surface area (Å²) in [6.45, 7) is 0.599. The molecule has 2 heterocycles. The molecule has 0 saturated heterocycles. The van der Waals surface area contributed by atoms with E-state index in [-0.39, 0.29) is 0 Å². The maximum Gasteiger partial charge on any atom is 0.142 e. The third-order valence-corrected chi connectivity index (χ3v) is 4.03. The second-order valence-corrected chi connectivity index (χ2v) is 5.28. The number of thiazole rings is 1. The largest absolute Gasteiger partial charge is 0.332 e. The normalized spacial score (nSPS) is 15.6. The van der Waals surface area contributed by atoms with Crippen molar-refractivity contribution in [1.82, 2.24) is 14.5 Å². The lowest BCUT2D eigenvalue weighted by atomic mass is 10.2. The molecule has 0 unspecified atom stereocenters. The smallest absolute Gasteiger partial charge is 0.142 e. The number of aryl methyl sites for hydroxylation is 1. The maximum absolute atomic E-state index is 5.77. The van der Waals surface area contributed by atoms with Crippen LogP contribution < -0.4 is 5.73 Å². The second-order valence-electron chi connectivity index (χ2n) is 4.20. The first-order chi connectivity index (χ1) is 7.79. The van der Waals surface area contributed by atoms with Crippen LogP contribution in [0.1, 0.15) is 29.3 Å². The lowest BCUT2D eigenvalue weighted by Gasteiger charge is -1.95. The van der Waals surface area contributed by atoms with Crippen molar-refractivity contribution in [2.75, 3.05) is 0 Å². The predicted octanol–water partition coefficient (Wildman–Crippen LogP) is 1.88. The molecule has 2 aromatic rings. The maximum atomic E-state index is 5.77. The summed E-state index contributed by atoms with van der Waals surface area (Å²) in [7, 11) is 1.99. The monoisotopic (exact) mass is 234 g/mol. The molecule has 3 rings (SSSR count). The minimum atomic E-state index is 0.599. The van der Waals surface area contributed by atoms with Gasteiger partial charge in [0.15, 0.2) is 0 Å². The van der Waals surface area contributed by atoms with E-state index in [0.29, 0.717) is 12.5 Å². The highest BCUT2D eigenvalue weighted by atomic mass is 32.1. The average Bonchev–Trinajstić information content (AvgIpc) is 2.90. The topological polar surface area (TPSA) is 56.7 Å². The van der Waals surface area contributed by atoms with Crippen LogP contribution in [-0.2, 0) is 13.6 Å². The molecular weight excluding hydrogens is 220 g/mol. The van der Waals surface area contributed by atoms with E-state index in [1.54, 1.807) is 17.7 Å². The van der Waals surface area contributed by atoms with Crippen molar-refractivity contribution in [2.45, 2.75) is 25.3 Å². The number of rotatable bonds is 3. The van der Waals surface area contributed by atoms with Gasteiger partial charge < -0.3 is 10.3 Å². The van der Waals surface area contributed by atoms with Crippen LogP contribution in [-0.4, -0.2) is 14.5 Å². The van der Waals surface area contributed by atoms with Crippen molar-refractivity contribution in [3.8, 4) is 10.7 Å². The van der Waals surface area contributed by atoms with Gasteiger partial charge in [0.05, 0.1) is 23.9 Å². The SMILES string of the molecule is Cn1cncc1-c1nc(C2CC2)c(CN)s1. The van der Waals surface area contributed by atoms with Gasteiger partial charge >= 0.3 is 0 Å². The van der Waals surface area contributed by atoms with Crippen LogP contribution in [0.15, 0.2) is 12.5 Å². The van der Waals surface area contributed by atoms with Gasteiger partial charge in [-0.2, -0.15) is 0 Å².